The van der Waals surface area contributed by atoms with Gasteiger partial charge in [-0.1, -0.05) is 89.1 Å². The molecule has 0 saturated heterocycles. The number of rotatable bonds is 12. The normalized spacial score (nSPS) is 12.8. The van der Waals surface area contributed by atoms with E-state index in [0.29, 0.717) is 27.2 Å². The van der Waals surface area contributed by atoms with Gasteiger partial charge in [-0.2, -0.15) is 0 Å². The third kappa shape index (κ3) is 8.81. The Morgan fingerprint density at radius 2 is 1.67 bits per heavy atom. The maximum absolute atomic E-state index is 14.1. The van der Waals surface area contributed by atoms with E-state index in [1.165, 1.54) is 4.90 Å². The molecule has 0 aliphatic carbocycles. The van der Waals surface area contributed by atoms with Crippen molar-refractivity contribution in [1.29, 1.82) is 0 Å². The molecule has 0 fully saturated rings. The van der Waals surface area contributed by atoms with Crippen molar-refractivity contribution in [2.24, 2.45) is 0 Å². The van der Waals surface area contributed by atoms with Gasteiger partial charge in [0.25, 0.3) is 0 Å². The summed E-state index contributed by atoms with van der Waals surface area (Å²) in [6, 6.07) is 22.2. The summed E-state index contributed by atoms with van der Waals surface area (Å²) in [7, 11) is -3.83. The lowest BCUT2D eigenvalue weighted by atomic mass is 10.0. The number of benzene rings is 3. The molecule has 2 amide bonds. The molecule has 3 rings (SSSR count). The predicted molar refractivity (Wildman–Crippen MR) is 160 cm³/mol. The lowest BCUT2D eigenvalue weighted by molar-refractivity contribution is -0.140. The first-order chi connectivity index (χ1) is 18.5. The van der Waals surface area contributed by atoms with Crippen LogP contribution in [0.15, 0.2) is 83.3 Å². The van der Waals surface area contributed by atoms with Crippen molar-refractivity contribution in [3.8, 4) is 0 Å². The first-order valence-corrected chi connectivity index (χ1v) is 15.6. The van der Waals surface area contributed by atoms with Crippen molar-refractivity contribution in [3.63, 3.8) is 0 Å². The zero-order chi connectivity index (χ0) is 28.6. The van der Waals surface area contributed by atoms with Crippen molar-refractivity contribution in [2.45, 2.75) is 45.3 Å². The molecule has 0 saturated carbocycles. The molecule has 0 radical (unpaired) electrons. The fraction of sp³-hybridized carbons (Fsp3) is 0.310. The van der Waals surface area contributed by atoms with Crippen LogP contribution in [0, 0.1) is 0 Å². The molecule has 0 heterocycles. The molecule has 10 heteroatoms. The van der Waals surface area contributed by atoms with E-state index in [2.05, 4.69) is 21.2 Å². The molecule has 0 unspecified atom stereocenters. The molecule has 7 nitrogen and oxygen atoms in total. The highest BCUT2D eigenvalue weighted by molar-refractivity contribution is 9.10. The first-order valence-electron chi connectivity index (χ1n) is 12.6. The molecule has 0 aliphatic rings. The van der Waals surface area contributed by atoms with Gasteiger partial charge in [0.1, 0.15) is 12.6 Å². The molecule has 0 spiro atoms. The Hall–Kier alpha value is -2.88. The number of nitrogens with one attached hydrogen (secondary N) is 1. The van der Waals surface area contributed by atoms with Gasteiger partial charge in [0.05, 0.1) is 11.9 Å². The van der Waals surface area contributed by atoms with Crippen molar-refractivity contribution in [3.05, 3.63) is 99.5 Å². The smallest absolute Gasteiger partial charge is 0.244 e. The highest BCUT2D eigenvalue weighted by Gasteiger charge is 2.33. The molecular formula is C29H33BrClN3O4S. The van der Waals surface area contributed by atoms with Gasteiger partial charge in [-0.05, 0) is 48.7 Å². The highest BCUT2D eigenvalue weighted by Crippen LogP contribution is 2.24. The maximum Gasteiger partial charge on any atom is 0.244 e. The van der Waals surface area contributed by atoms with Gasteiger partial charge in [0.2, 0.25) is 21.8 Å². The Morgan fingerprint density at radius 3 is 2.28 bits per heavy atom. The Kier molecular flexibility index (Phi) is 11.0. The molecular weight excluding hydrogens is 602 g/mol. The van der Waals surface area contributed by atoms with Crippen molar-refractivity contribution >= 4 is 55.1 Å². The summed E-state index contributed by atoms with van der Waals surface area (Å²) in [5, 5.41) is 3.45. The van der Waals surface area contributed by atoms with Crippen molar-refractivity contribution in [1.82, 2.24) is 10.2 Å². The average Bonchev–Trinajstić information content (AvgIpc) is 2.89. The average molecular weight is 635 g/mol. The quantitative estimate of drug-likeness (QED) is 0.288. The fourth-order valence-electron chi connectivity index (χ4n) is 4.05. The number of nitrogens with zero attached hydrogens (tertiary/aromatic N) is 2. The topological polar surface area (TPSA) is 86.8 Å². The van der Waals surface area contributed by atoms with Gasteiger partial charge in [-0.25, -0.2) is 8.42 Å². The second-order valence-electron chi connectivity index (χ2n) is 9.39. The van der Waals surface area contributed by atoms with E-state index in [0.717, 1.165) is 16.1 Å². The van der Waals surface area contributed by atoms with Crippen LogP contribution in [0.1, 0.15) is 31.4 Å². The number of anilines is 1. The van der Waals surface area contributed by atoms with Crippen molar-refractivity contribution in [2.75, 3.05) is 17.1 Å². The minimum atomic E-state index is -3.83. The van der Waals surface area contributed by atoms with E-state index in [1.807, 2.05) is 44.2 Å². The number of carbonyl (C=O) groups is 2. The number of amides is 2. The second kappa shape index (κ2) is 14.0. The van der Waals surface area contributed by atoms with E-state index in [9.17, 15) is 18.0 Å². The van der Waals surface area contributed by atoms with E-state index < -0.39 is 28.5 Å². The standard InChI is InChI=1S/C29H33BrClN3O4S/c1-4-21(2)32-29(36)27(17-22-11-6-5-7-12-22)33(19-23-13-8-9-16-26(23)31)28(35)20-34(39(3,37)38)25-15-10-14-24(30)18-25/h5-16,18,21,27H,4,17,19-20H2,1-3H3,(H,32,36)/t21-,27+/m0/s1. The van der Waals surface area contributed by atoms with E-state index in [4.69, 9.17) is 11.6 Å². The third-order valence-electron chi connectivity index (χ3n) is 6.35. The highest BCUT2D eigenvalue weighted by atomic mass is 79.9. The number of hydrogen-bond donors (Lipinski definition) is 1. The van der Waals surface area contributed by atoms with Crippen LogP contribution in [0.25, 0.3) is 0 Å². The number of carbonyl (C=O) groups excluding carboxylic acids is 2. The summed E-state index contributed by atoms with van der Waals surface area (Å²) in [6.07, 6.45) is 2.01. The summed E-state index contributed by atoms with van der Waals surface area (Å²) in [4.78, 5) is 29.1. The zero-order valence-corrected chi connectivity index (χ0v) is 25.3. The number of hydrogen-bond acceptors (Lipinski definition) is 4. The Labute approximate surface area is 244 Å². The Bertz CT molecular complexity index is 1390. The summed E-state index contributed by atoms with van der Waals surface area (Å²) in [5.41, 5.74) is 1.85. The van der Waals surface area contributed by atoms with E-state index in [-0.39, 0.29) is 24.9 Å². The summed E-state index contributed by atoms with van der Waals surface area (Å²) in [5.74, 6) is -0.845. The predicted octanol–water partition coefficient (Wildman–Crippen LogP) is 5.42. The van der Waals surface area contributed by atoms with Crippen LogP contribution in [-0.2, 0) is 32.6 Å². The minimum Gasteiger partial charge on any atom is -0.352 e. The number of halogens is 2. The van der Waals surface area contributed by atoms with Gasteiger partial charge >= 0.3 is 0 Å². The van der Waals surface area contributed by atoms with Gasteiger partial charge in [-0.15, -0.1) is 0 Å². The molecule has 208 valence electrons. The Balaban J connectivity index is 2.07. The Morgan fingerprint density at radius 1 is 1.00 bits per heavy atom. The van der Waals surface area contributed by atoms with Crippen LogP contribution < -0.4 is 9.62 Å². The zero-order valence-electron chi connectivity index (χ0n) is 22.2. The fourth-order valence-corrected chi connectivity index (χ4v) is 5.47. The van der Waals surface area contributed by atoms with Crippen LogP contribution in [0.3, 0.4) is 0 Å². The van der Waals surface area contributed by atoms with Gasteiger partial charge in [0, 0.05) is 28.5 Å². The maximum atomic E-state index is 14.1. The van der Waals surface area contributed by atoms with Crippen LogP contribution in [0.4, 0.5) is 5.69 Å². The minimum absolute atomic E-state index is 0.0278. The molecule has 2 atom stereocenters. The summed E-state index contributed by atoms with van der Waals surface area (Å²) < 4.78 is 27.4. The van der Waals surface area contributed by atoms with Gasteiger partial charge < -0.3 is 10.2 Å². The molecule has 1 N–H and O–H groups in total. The molecule has 0 aromatic heterocycles. The lowest BCUT2D eigenvalue weighted by Crippen LogP contribution is -2.54. The molecule has 39 heavy (non-hydrogen) atoms. The number of sulfonamides is 1. The van der Waals surface area contributed by atoms with E-state index in [1.54, 1.807) is 48.5 Å². The van der Waals surface area contributed by atoms with Gasteiger partial charge in [-0.3, -0.25) is 13.9 Å². The molecule has 0 bridgehead atoms. The molecule has 0 aliphatic heterocycles. The van der Waals surface area contributed by atoms with Crippen LogP contribution >= 0.6 is 27.5 Å². The van der Waals surface area contributed by atoms with Crippen LogP contribution in [0.2, 0.25) is 5.02 Å². The van der Waals surface area contributed by atoms with Crippen LogP contribution in [-0.4, -0.2) is 50.0 Å². The SMILES string of the molecule is CC[C@H](C)NC(=O)[C@@H](Cc1ccccc1)N(Cc1ccccc1Cl)C(=O)CN(c1cccc(Br)c1)S(C)(=O)=O. The van der Waals surface area contributed by atoms with E-state index >= 15 is 0 Å². The largest absolute Gasteiger partial charge is 0.352 e. The monoisotopic (exact) mass is 633 g/mol. The third-order valence-corrected chi connectivity index (χ3v) is 8.35. The second-order valence-corrected chi connectivity index (χ2v) is 12.6. The summed E-state index contributed by atoms with van der Waals surface area (Å²) in [6.45, 7) is 3.41. The lowest BCUT2D eigenvalue weighted by Gasteiger charge is -2.34. The molecule has 3 aromatic rings. The van der Waals surface area contributed by atoms with Crippen molar-refractivity contribution < 1.29 is 18.0 Å². The van der Waals surface area contributed by atoms with Crippen LogP contribution in [0.5, 0.6) is 0 Å². The van der Waals surface area contributed by atoms with Gasteiger partial charge in [0.15, 0.2) is 0 Å². The first kappa shape index (κ1) is 30.7. The molecule has 3 aromatic carbocycles. The summed E-state index contributed by atoms with van der Waals surface area (Å²) >= 11 is 9.83.